The zero-order valence-electron chi connectivity index (χ0n) is 7.45. The Morgan fingerprint density at radius 3 is 2.92 bits per heavy atom. The van der Waals surface area contributed by atoms with Crippen LogP contribution in [0.15, 0.2) is 12.5 Å². The molecule has 2 heterocycles. The van der Waals surface area contributed by atoms with Crippen LogP contribution in [0.25, 0.3) is 0 Å². The van der Waals surface area contributed by atoms with Gasteiger partial charge in [-0.05, 0) is 24.3 Å². The molecule has 1 saturated heterocycles. The number of alkyl halides is 1. The van der Waals surface area contributed by atoms with Gasteiger partial charge in [-0.15, -0.1) is 11.6 Å². The lowest BCUT2D eigenvalue weighted by molar-refractivity contribution is 0.469. The van der Waals surface area contributed by atoms with Gasteiger partial charge < -0.3 is 4.57 Å². The molecule has 72 valence electrons. The lowest BCUT2D eigenvalue weighted by Gasteiger charge is -2.22. The number of hydrogen-bond donors (Lipinski definition) is 0. The molecule has 1 fully saturated rings. The van der Waals surface area contributed by atoms with Crippen LogP contribution in [-0.4, -0.2) is 21.1 Å². The second kappa shape index (κ2) is 4.38. The van der Waals surface area contributed by atoms with Crippen LogP contribution in [0.4, 0.5) is 0 Å². The highest BCUT2D eigenvalue weighted by molar-refractivity contribution is 7.99. The molecule has 1 aromatic heterocycles. The van der Waals surface area contributed by atoms with Crippen molar-refractivity contribution in [1.82, 2.24) is 9.55 Å². The maximum absolute atomic E-state index is 5.70. The van der Waals surface area contributed by atoms with E-state index < -0.39 is 0 Å². The van der Waals surface area contributed by atoms with Gasteiger partial charge in [-0.25, -0.2) is 4.98 Å². The topological polar surface area (TPSA) is 17.8 Å². The Balaban J connectivity index is 2.05. The maximum atomic E-state index is 5.70. The Labute approximate surface area is 87.7 Å². The van der Waals surface area contributed by atoms with Crippen LogP contribution in [0.3, 0.4) is 0 Å². The van der Waals surface area contributed by atoms with E-state index in [1.165, 1.54) is 24.3 Å². The standard InChI is InChI=1S/C9H13ClN2S/c10-5-8-6-12(7-11-8)9-1-3-13-4-2-9/h6-7,9H,1-5H2. The highest BCUT2D eigenvalue weighted by atomic mass is 35.5. The zero-order valence-corrected chi connectivity index (χ0v) is 9.02. The molecule has 1 aliphatic rings. The monoisotopic (exact) mass is 216 g/mol. The number of halogens is 1. The van der Waals surface area contributed by atoms with Crippen LogP contribution >= 0.6 is 23.4 Å². The van der Waals surface area contributed by atoms with Crippen molar-refractivity contribution in [2.75, 3.05) is 11.5 Å². The van der Waals surface area contributed by atoms with Crippen molar-refractivity contribution >= 4 is 23.4 Å². The normalized spacial score (nSPS) is 19.2. The summed E-state index contributed by atoms with van der Waals surface area (Å²) in [4.78, 5) is 4.23. The fourth-order valence-corrected chi connectivity index (χ4v) is 2.85. The van der Waals surface area contributed by atoms with Gasteiger partial charge in [0.1, 0.15) is 0 Å². The van der Waals surface area contributed by atoms with Crippen molar-refractivity contribution in [3.8, 4) is 0 Å². The Hall–Kier alpha value is -0.150. The van der Waals surface area contributed by atoms with Gasteiger partial charge in [0.2, 0.25) is 0 Å². The molecule has 2 rings (SSSR count). The first-order valence-electron chi connectivity index (χ1n) is 4.56. The van der Waals surface area contributed by atoms with Crippen LogP contribution in [0.2, 0.25) is 0 Å². The molecular formula is C9H13ClN2S. The van der Waals surface area contributed by atoms with Crippen LogP contribution in [0.5, 0.6) is 0 Å². The molecule has 0 spiro atoms. The van der Waals surface area contributed by atoms with Crippen LogP contribution in [0.1, 0.15) is 24.6 Å². The maximum Gasteiger partial charge on any atom is 0.0952 e. The van der Waals surface area contributed by atoms with E-state index in [0.717, 1.165) is 5.69 Å². The third-order valence-corrected chi connectivity index (χ3v) is 3.73. The van der Waals surface area contributed by atoms with E-state index in [-0.39, 0.29) is 0 Å². The first-order chi connectivity index (χ1) is 6.40. The van der Waals surface area contributed by atoms with Crippen molar-refractivity contribution in [1.29, 1.82) is 0 Å². The quantitative estimate of drug-likeness (QED) is 0.708. The molecule has 1 aliphatic heterocycles. The molecule has 0 saturated carbocycles. The van der Waals surface area contributed by atoms with Crippen molar-refractivity contribution in [2.24, 2.45) is 0 Å². The number of imidazole rings is 1. The SMILES string of the molecule is ClCc1cn(C2CCSCC2)cn1. The van der Waals surface area contributed by atoms with E-state index in [0.29, 0.717) is 11.9 Å². The van der Waals surface area contributed by atoms with Crippen LogP contribution < -0.4 is 0 Å². The summed E-state index contributed by atoms with van der Waals surface area (Å²) in [7, 11) is 0. The second-order valence-electron chi connectivity index (χ2n) is 3.29. The first-order valence-corrected chi connectivity index (χ1v) is 6.25. The summed E-state index contributed by atoms with van der Waals surface area (Å²) in [6.07, 6.45) is 6.53. The van der Waals surface area contributed by atoms with Gasteiger partial charge >= 0.3 is 0 Å². The number of rotatable bonds is 2. The zero-order chi connectivity index (χ0) is 9.10. The summed E-state index contributed by atoms with van der Waals surface area (Å²) >= 11 is 7.75. The van der Waals surface area contributed by atoms with E-state index in [4.69, 9.17) is 11.6 Å². The smallest absolute Gasteiger partial charge is 0.0952 e. The molecule has 0 radical (unpaired) electrons. The number of thioether (sulfide) groups is 1. The minimum atomic E-state index is 0.522. The molecule has 0 amide bonds. The minimum Gasteiger partial charge on any atom is -0.334 e. The molecule has 2 nitrogen and oxygen atoms in total. The van der Waals surface area contributed by atoms with E-state index >= 15 is 0 Å². The van der Waals surface area contributed by atoms with Crippen molar-refractivity contribution in [3.05, 3.63) is 18.2 Å². The summed E-state index contributed by atoms with van der Waals surface area (Å²) in [5.41, 5.74) is 0.986. The van der Waals surface area contributed by atoms with E-state index in [9.17, 15) is 0 Å². The molecule has 0 aliphatic carbocycles. The summed E-state index contributed by atoms with van der Waals surface area (Å²) in [5, 5.41) is 0. The van der Waals surface area contributed by atoms with Gasteiger partial charge in [0.25, 0.3) is 0 Å². The predicted molar refractivity (Wildman–Crippen MR) is 57.4 cm³/mol. The summed E-state index contributed by atoms with van der Waals surface area (Å²) in [6, 6.07) is 0.658. The molecule has 0 N–H and O–H groups in total. The number of nitrogens with zero attached hydrogens (tertiary/aromatic N) is 2. The van der Waals surface area contributed by atoms with Gasteiger partial charge in [0.15, 0.2) is 0 Å². The van der Waals surface area contributed by atoms with Crippen LogP contribution in [0, 0.1) is 0 Å². The molecular weight excluding hydrogens is 204 g/mol. The van der Waals surface area contributed by atoms with Gasteiger partial charge in [-0.3, -0.25) is 0 Å². The molecule has 4 heteroatoms. The van der Waals surface area contributed by atoms with Crippen molar-refractivity contribution in [3.63, 3.8) is 0 Å². The number of aromatic nitrogens is 2. The molecule has 0 aromatic carbocycles. The average Bonchev–Trinajstić information content (AvgIpc) is 2.67. The fraction of sp³-hybridized carbons (Fsp3) is 0.667. The Kier molecular flexibility index (Phi) is 3.17. The van der Waals surface area contributed by atoms with Gasteiger partial charge in [0.05, 0.1) is 17.9 Å². The summed E-state index contributed by atoms with van der Waals surface area (Å²) in [5.74, 6) is 3.08. The first kappa shape index (κ1) is 9.41. The van der Waals surface area contributed by atoms with Gasteiger partial charge in [0, 0.05) is 12.2 Å². The largest absolute Gasteiger partial charge is 0.334 e. The Morgan fingerprint density at radius 1 is 1.54 bits per heavy atom. The third kappa shape index (κ3) is 2.20. The molecule has 0 atom stereocenters. The average molecular weight is 217 g/mol. The van der Waals surface area contributed by atoms with E-state index in [1.807, 2.05) is 18.1 Å². The van der Waals surface area contributed by atoms with E-state index in [1.54, 1.807) is 0 Å². The molecule has 1 aromatic rings. The Morgan fingerprint density at radius 2 is 2.31 bits per heavy atom. The number of hydrogen-bond acceptors (Lipinski definition) is 2. The van der Waals surface area contributed by atoms with Crippen LogP contribution in [-0.2, 0) is 5.88 Å². The predicted octanol–water partition coefficient (Wildman–Crippen LogP) is 2.69. The van der Waals surface area contributed by atoms with Crippen molar-refractivity contribution < 1.29 is 0 Å². The summed E-state index contributed by atoms with van der Waals surface area (Å²) < 4.78 is 2.22. The lowest BCUT2D eigenvalue weighted by atomic mass is 10.1. The second-order valence-corrected chi connectivity index (χ2v) is 4.78. The molecule has 13 heavy (non-hydrogen) atoms. The lowest BCUT2D eigenvalue weighted by Crippen LogP contribution is -2.13. The van der Waals surface area contributed by atoms with Gasteiger partial charge in [-0.1, -0.05) is 0 Å². The molecule has 0 unspecified atom stereocenters. The Bertz CT molecular complexity index is 268. The minimum absolute atomic E-state index is 0.522. The molecule has 0 bridgehead atoms. The fourth-order valence-electron chi connectivity index (χ4n) is 1.63. The summed E-state index contributed by atoms with van der Waals surface area (Å²) in [6.45, 7) is 0. The van der Waals surface area contributed by atoms with Gasteiger partial charge in [-0.2, -0.15) is 11.8 Å². The van der Waals surface area contributed by atoms with Crippen molar-refractivity contribution in [2.45, 2.75) is 24.8 Å². The highest BCUT2D eigenvalue weighted by Gasteiger charge is 2.15. The highest BCUT2D eigenvalue weighted by Crippen LogP contribution is 2.26. The third-order valence-electron chi connectivity index (χ3n) is 2.40. The van der Waals surface area contributed by atoms with E-state index in [2.05, 4.69) is 15.7 Å².